The third kappa shape index (κ3) is 5.80. The Morgan fingerprint density at radius 2 is 1.87 bits per heavy atom. The number of anilines is 1. The Morgan fingerprint density at radius 3 is 2.55 bits per heavy atom. The third-order valence-corrected chi connectivity index (χ3v) is 6.30. The van der Waals surface area contributed by atoms with Crippen molar-refractivity contribution in [1.82, 2.24) is 14.8 Å². The van der Waals surface area contributed by atoms with E-state index in [0.717, 1.165) is 35.2 Å². The molecule has 0 saturated heterocycles. The Hall–Kier alpha value is -2.51. The van der Waals surface area contributed by atoms with Gasteiger partial charge in [0, 0.05) is 12.7 Å². The zero-order chi connectivity index (χ0) is 22.4. The van der Waals surface area contributed by atoms with Crippen LogP contribution in [0.2, 0.25) is 5.02 Å². The summed E-state index contributed by atoms with van der Waals surface area (Å²) >= 11 is 7.53. The van der Waals surface area contributed by atoms with Crippen molar-refractivity contribution in [1.29, 1.82) is 0 Å². The van der Waals surface area contributed by atoms with Gasteiger partial charge in [0.25, 0.3) is 0 Å². The number of para-hydroxylation sites is 1. The van der Waals surface area contributed by atoms with E-state index in [1.54, 1.807) is 0 Å². The summed E-state index contributed by atoms with van der Waals surface area (Å²) in [4.78, 5) is 12.6. The molecule has 0 saturated carbocycles. The fourth-order valence-electron chi connectivity index (χ4n) is 3.17. The summed E-state index contributed by atoms with van der Waals surface area (Å²) in [5, 5.41) is 12.7. The fraction of sp³-hybridized carbons (Fsp3) is 0.348. The van der Waals surface area contributed by atoms with Gasteiger partial charge in [0.1, 0.15) is 12.4 Å². The summed E-state index contributed by atoms with van der Waals surface area (Å²) < 4.78 is 7.64. The Labute approximate surface area is 192 Å². The van der Waals surface area contributed by atoms with E-state index in [2.05, 4.69) is 41.5 Å². The van der Waals surface area contributed by atoms with E-state index in [0.29, 0.717) is 21.8 Å². The molecule has 3 aromatic rings. The van der Waals surface area contributed by atoms with E-state index in [1.807, 2.05) is 42.8 Å². The number of nitrogens with zero attached hydrogens (tertiary/aromatic N) is 3. The summed E-state index contributed by atoms with van der Waals surface area (Å²) in [6.45, 7) is 6.40. The molecule has 1 aromatic heterocycles. The van der Waals surface area contributed by atoms with Gasteiger partial charge < -0.3 is 14.6 Å². The molecule has 0 aliphatic rings. The highest BCUT2D eigenvalue weighted by atomic mass is 35.5. The molecule has 0 aliphatic carbocycles. The van der Waals surface area contributed by atoms with E-state index in [9.17, 15) is 4.79 Å². The molecule has 0 atom stereocenters. The van der Waals surface area contributed by atoms with Crippen LogP contribution in [0.1, 0.15) is 36.4 Å². The minimum atomic E-state index is -0.0621. The molecule has 1 N–H and O–H groups in total. The third-order valence-electron chi connectivity index (χ3n) is 4.96. The number of hydrogen-bond donors (Lipinski definition) is 1. The number of aromatic nitrogens is 3. The smallest absolute Gasteiger partial charge is 0.234 e. The molecule has 0 bridgehead atoms. The first kappa shape index (κ1) is 23.2. The lowest BCUT2D eigenvalue weighted by Crippen LogP contribution is -2.17. The van der Waals surface area contributed by atoms with Gasteiger partial charge in [-0.1, -0.05) is 61.5 Å². The van der Waals surface area contributed by atoms with Gasteiger partial charge in [-0.25, -0.2) is 0 Å². The second kappa shape index (κ2) is 10.7. The van der Waals surface area contributed by atoms with E-state index in [1.165, 1.54) is 11.8 Å². The van der Waals surface area contributed by atoms with Crippen LogP contribution in [0.25, 0.3) is 0 Å². The molecule has 0 unspecified atom stereocenters. The molecular weight excluding hydrogens is 432 g/mol. The predicted octanol–water partition coefficient (Wildman–Crippen LogP) is 5.21. The van der Waals surface area contributed by atoms with Crippen molar-refractivity contribution in [2.45, 2.75) is 45.4 Å². The minimum Gasteiger partial charge on any atom is -0.484 e. The number of carbonyl (C=O) groups is 1. The molecule has 1 amide bonds. The number of rotatable bonds is 9. The number of ether oxygens (including phenoxy) is 1. The van der Waals surface area contributed by atoms with Gasteiger partial charge in [-0.15, -0.1) is 10.2 Å². The van der Waals surface area contributed by atoms with Crippen LogP contribution in [0.5, 0.6) is 5.75 Å². The lowest BCUT2D eigenvalue weighted by molar-refractivity contribution is -0.113. The summed E-state index contributed by atoms with van der Waals surface area (Å²) in [7, 11) is 1.86. The van der Waals surface area contributed by atoms with Crippen molar-refractivity contribution in [2.75, 3.05) is 11.1 Å². The molecule has 3 rings (SSSR count). The number of benzene rings is 2. The van der Waals surface area contributed by atoms with Crippen molar-refractivity contribution < 1.29 is 9.53 Å². The van der Waals surface area contributed by atoms with Crippen LogP contribution in [0.4, 0.5) is 5.69 Å². The van der Waals surface area contributed by atoms with Crippen molar-refractivity contribution >= 4 is 35.0 Å². The molecule has 0 spiro atoms. The van der Waals surface area contributed by atoms with E-state index in [-0.39, 0.29) is 18.3 Å². The standard InChI is InChI=1S/C23H27ClN4O2S/c1-5-16-8-7-9-17(6-2)22(16)25-21(29)14-31-23-27-26-20(28(23)4)13-30-19-12-15(3)10-11-18(19)24/h7-12H,5-6,13-14H2,1-4H3,(H,25,29). The van der Waals surface area contributed by atoms with Crippen LogP contribution in [-0.2, 0) is 31.3 Å². The first-order valence-corrected chi connectivity index (χ1v) is 11.6. The molecule has 1 heterocycles. The average Bonchev–Trinajstić information content (AvgIpc) is 3.12. The molecule has 0 radical (unpaired) electrons. The summed E-state index contributed by atoms with van der Waals surface area (Å²) in [5.41, 5.74) is 4.28. The van der Waals surface area contributed by atoms with Crippen molar-refractivity contribution in [3.8, 4) is 5.75 Å². The molecule has 2 aromatic carbocycles. The van der Waals surface area contributed by atoms with E-state index < -0.39 is 0 Å². The lowest BCUT2D eigenvalue weighted by atomic mass is 10.0. The number of nitrogens with one attached hydrogen (secondary N) is 1. The quantitative estimate of drug-likeness (QED) is 0.445. The first-order valence-electron chi connectivity index (χ1n) is 10.2. The van der Waals surface area contributed by atoms with Crippen LogP contribution in [0.3, 0.4) is 0 Å². The maximum Gasteiger partial charge on any atom is 0.234 e. The molecule has 0 aliphatic heterocycles. The number of amides is 1. The molecule has 6 nitrogen and oxygen atoms in total. The van der Waals surface area contributed by atoms with Gasteiger partial charge in [-0.3, -0.25) is 4.79 Å². The van der Waals surface area contributed by atoms with Crippen molar-refractivity contribution in [3.05, 3.63) is 63.9 Å². The molecule has 8 heteroatoms. The number of halogens is 1. The monoisotopic (exact) mass is 458 g/mol. The van der Waals surface area contributed by atoms with Gasteiger partial charge in [0.05, 0.1) is 10.8 Å². The Bertz CT molecular complexity index is 1050. The molecule has 164 valence electrons. The minimum absolute atomic E-state index is 0.0621. The van der Waals surface area contributed by atoms with Gasteiger partial charge in [0.15, 0.2) is 11.0 Å². The number of hydrogen-bond acceptors (Lipinski definition) is 5. The number of thioether (sulfide) groups is 1. The zero-order valence-electron chi connectivity index (χ0n) is 18.2. The zero-order valence-corrected chi connectivity index (χ0v) is 19.8. The van der Waals surface area contributed by atoms with Crippen LogP contribution < -0.4 is 10.1 Å². The second-order valence-corrected chi connectivity index (χ2v) is 8.53. The SMILES string of the molecule is CCc1cccc(CC)c1NC(=O)CSc1nnc(COc2cc(C)ccc2Cl)n1C. The van der Waals surface area contributed by atoms with Crippen LogP contribution in [0.15, 0.2) is 41.6 Å². The highest BCUT2D eigenvalue weighted by Gasteiger charge is 2.15. The second-order valence-electron chi connectivity index (χ2n) is 7.18. The molecule has 31 heavy (non-hydrogen) atoms. The van der Waals surface area contributed by atoms with Crippen LogP contribution in [-0.4, -0.2) is 26.4 Å². The average molecular weight is 459 g/mol. The van der Waals surface area contributed by atoms with Crippen LogP contribution >= 0.6 is 23.4 Å². The van der Waals surface area contributed by atoms with Gasteiger partial charge >= 0.3 is 0 Å². The Morgan fingerprint density at radius 1 is 1.16 bits per heavy atom. The molecular formula is C23H27ClN4O2S. The fourth-order valence-corrected chi connectivity index (χ4v) is 4.07. The normalized spacial score (nSPS) is 10.9. The van der Waals surface area contributed by atoms with Crippen molar-refractivity contribution in [2.24, 2.45) is 7.05 Å². The topological polar surface area (TPSA) is 69.0 Å². The number of aryl methyl sites for hydroxylation is 3. The Balaban J connectivity index is 1.60. The first-order chi connectivity index (χ1) is 14.9. The van der Waals surface area contributed by atoms with E-state index >= 15 is 0 Å². The predicted molar refractivity (Wildman–Crippen MR) is 126 cm³/mol. The largest absolute Gasteiger partial charge is 0.484 e. The lowest BCUT2D eigenvalue weighted by Gasteiger charge is -2.14. The number of carbonyl (C=O) groups excluding carboxylic acids is 1. The summed E-state index contributed by atoms with van der Waals surface area (Å²) in [6, 6.07) is 11.8. The maximum absolute atomic E-state index is 12.6. The van der Waals surface area contributed by atoms with Gasteiger partial charge in [0.2, 0.25) is 5.91 Å². The Kier molecular flexibility index (Phi) is 7.98. The summed E-state index contributed by atoms with van der Waals surface area (Å²) in [6.07, 6.45) is 1.74. The van der Waals surface area contributed by atoms with Gasteiger partial charge in [-0.05, 0) is 48.6 Å². The van der Waals surface area contributed by atoms with Crippen molar-refractivity contribution in [3.63, 3.8) is 0 Å². The highest BCUT2D eigenvalue weighted by molar-refractivity contribution is 7.99. The van der Waals surface area contributed by atoms with Crippen LogP contribution in [0, 0.1) is 6.92 Å². The highest BCUT2D eigenvalue weighted by Crippen LogP contribution is 2.27. The maximum atomic E-state index is 12.6. The van der Waals surface area contributed by atoms with Gasteiger partial charge in [-0.2, -0.15) is 0 Å². The summed E-state index contributed by atoms with van der Waals surface area (Å²) in [5.74, 6) is 1.45. The van der Waals surface area contributed by atoms with E-state index in [4.69, 9.17) is 16.3 Å². The molecule has 0 fully saturated rings.